The second-order valence-corrected chi connectivity index (χ2v) is 5.62. The number of hydrazine groups is 1. The fourth-order valence-electron chi connectivity index (χ4n) is 1.99. The van der Waals surface area contributed by atoms with Gasteiger partial charge in [-0.3, -0.25) is 25.2 Å². The fourth-order valence-corrected chi connectivity index (χ4v) is 1.99. The van der Waals surface area contributed by atoms with E-state index in [-0.39, 0.29) is 12.4 Å². The molecule has 0 aliphatic heterocycles. The average molecular weight is 374 g/mol. The van der Waals surface area contributed by atoms with Gasteiger partial charge in [0.1, 0.15) is 17.3 Å². The van der Waals surface area contributed by atoms with E-state index in [1.807, 2.05) is 0 Å². The van der Waals surface area contributed by atoms with E-state index in [1.54, 1.807) is 18.2 Å². The molecule has 2 aromatic carbocycles. The highest BCUT2D eigenvalue weighted by Crippen LogP contribution is 2.14. The first-order valence-electron chi connectivity index (χ1n) is 8.10. The van der Waals surface area contributed by atoms with E-state index in [0.717, 1.165) is 0 Å². The maximum Gasteiger partial charge on any atom is 0.279 e. The van der Waals surface area contributed by atoms with Gasteiger partial charge in [0.25, 0.3) is 11.8 Å². The van der Waals surface area contributed by atoms with Crippen LogP contribution in [0.25, 0.3) is 0 Å². The molecule has 0 radical (unpaired) electrons. The van der Waals surface area contributed by atoms with E-state index >= 15 is 0 Å². The molecule has 0 unspecified atom stereocenters. The van der Waals surface area contributed by atoms with Crippen LogP contribution in [-0.4, -0.2) is 30.3 Å². The Balaban J connectivity index is 1.75. The van der Waals surface area contributed by atoms with Gasteiger partial charge in [0, 0.05) is 5.56 Å². The third kappa shape index (κ3) is 6.43. The second-order valence-electron chi connectivity index (χ2n) is 5.62. The van der Waals surface area contributed by atoms with Crippen molar-refractivity contribution in [3.05, 3.63) is 59.9 Å². The summed E-state index contributed by atoms with van der Waals surface area (Å²) < 4.78 is 23.4. The summed E-state index contributed by atoms with van der Waals surface area (Å²) in [5, 5.41) is 0. The number of rotatable bonds is 7. The van der Waals surface area contributed by atoms with Gasteiger partial charge in [-0.15, -0.1) is 0 Å². The first kappa shape index (κ1) is 19.9. The number of ketones is 1. The summed E-state index contributed by atoms with van der Waals surface area (Å²) in [4.78, 5) is 35.0. The van der Waals surface area contributed by atoms with Crippen LogP contribution in [0, 0.1) is 5.82 Å². The standard InChI is InChI=1S/C19H19FN2O5/c1-12(23)14-4-3-5-17(10-14)26-11-18(24)21-22-19(25)13(2)27-16-8-6-15(20)7-9-16/h3-10,13H,11H2,1-2H3,(H,21,24)(H,22,25)/t13-/m1/s1. The predicted molar refractivity (Wildman–Crippen MR) is 94.7 cm³/mol. The average Bonchev–Trinajstić information content (AvgIpc) is 2.66. The number of amides is 2. The second kappa shape index (κ2) is 9.33. The number of carbonyl (C=O) groups excluding carboxylic acids is 3. The molecule has 0 bridgehead atoms. The summed E-state index contributed by atoms with van der Waals surface area (Å²) in [6.07, 6.45) is -0.913. The molecule has 2 N–H and O–H groups in total. The van der Waals surface area contributed by atoms with Gasteiger partial charge >= 0.3 is 0 Å². The molecule has 0 aliphatic carbocycles. The lowest BCUT2D eigenvalue weighted by Crippen LogP contribution is -2.48. The van der Waals surface area contributed by atoms with Crippen LogP contribution in [0.5, 0.6) is 11.5 Å². The number of nitrogens with one attached hydrogen (secondary N) is 2. The van der Waals surface area contributed by atoms with Gasteiger partial charge in [-0.05, 0) is 50.2 Å². The minimum absolute atomic E-state index is 0.118. The molecule has 1 atom stereocenters. The SMILES string of the molecule is CC(=O)c1cccc(OCC(=O)NNC(=O)[C@@H](C)Oc2ccc(F)cc2)c1. The Hall–Kier alpha value is -3.42. The van der Waals surface area contributed by atoms with Crippen molar-refractivity contribution in [3.8, 4) is 11.5 Å². The van der Waals surface area contributed by atoms with E-state index in [4.69, 9.17) is 9.47 Å². The van der Waals surface area contributed by atoms with Gasteiger partial charge in [0.2, 0.25) is 0 Å². The predicted octanol–water partition coefficient (Wildman–Crippen LogP) is 2.02. The zero-order chi connectivity index (χ0) is 19.8. The van der Waals surface area contributed by atoms with Crippen molar-refractivity contribution < 1.29 is 28.2 Å². The molecule has 0 spiro atoms. The lowest BCUT2D eigenvalue weighted by molar-refractivity contribution is -0.133. The molecule has 0 fully saturated rings. The molecule has 2 aromatic rings. The minimum atomic E-state index is -0.913. The normalized spacial score (nSPS) is 11.2. The van der Waals surface area contributed by atoms with Gasteiger partial charge < -0.3 is 9.47 Å². The molecule has 27 heavy (non-hydrogen) atoms. The third-order valence-corrected chi connectivity index (χ3v) is 3.43. The first-order valence-corrected chi connectivity index (χ1v) is 8.10. The molecule has 142 valence electrons. The molecule has 0 saturated carbocycles. The van der Waals surface area contributed by atoms with Gasteiger partial charge in [-0.25, -0.2) is 4.39 Å². The Kier molecular flexibility index (Phi) is 6.87. The Morgan fingerprint density at radius 2 is 1.74 bits per heavy atom. The van der Waals surface area contributed by atoms with Gasteiger partial charge in [0.05, 0.1) is 0 Å². The number of hydrogen-bond donors (Lipinski definition) is 2. The summed E-state index contributed by atoms with van der Waals surface area (Å²) in [7, 11) is 0. The lowest BCUT2D eigenvalue weighted by atomic mass is 10.1. The highest BCUT2D eigenvalue weighted by molar-refractivity contribution is 5.94. The molecule has 2 amide bonds. The van der Waals surface area contributed by atoms with Crippen LogP contribution in [0.15, 0.2) is 48.5 Å². The van der Waals surface area contributed by atoms with E-state index in [0.29, 0.717) is 17.1 Å². The quantitative estimate of drug-likeness (QED) is 0.571. The molecule has 8 heteroatoms. The van der Waals surface area contributed by atoms with Gasteiger partial charge in [-0.1, -0.05) is 12.1 Å². The minimum Gasteiger partial charge on any atom is -0.484 e. The summed E-state index contributed by atoms with van der Waals surface area (Å²) in [6, 6.07) is 11.6. The number of benzene rings is 2. The summed E-state index contributed by atoms with van der Waals surface area (Å²) in [5.74, 6) is -1.04. The monoisotopic (exact) mass is 374 g/mol. The van der Waals surface area contributed by atoms with Crippen molar-refractivity contribution in [1.82, 2.24) is 10.9 Å². The Morgan fingerprint density at radius 3 is 2.41 bits per heavy atom. The van der Waals surface area contributed by atoms with Crippen LogP contribution in [-0.2, 0) is 9.59 Å². The van der Waals surface area contributed by atoms with Crippen molar-refractivity contribution in [2.75, 3.05) is 6.61 Å². The zero-order valence-corrected chi connectivity index (χ0v) is 14.8. The van der Waals surface area contributed by atoms with Crippen LogP contribution < -0.4 is 20.3 Å². The maximum absolute atomic E-state index is 12.8. The Bertz CT molecular complexity index is 823. The molecule has 0 aromatic heterocycles. The zero-order valence-electron chi connectivity index (χ0n) is 14.8. The fraction of sp³-hybridized carbons (Fsp3) is 0.211. The van der Waals surface area contributed by atoms with Crippen LogP contribution in [0.1, 0.15) is 24.2 Å². The molecule has 2 rings (SSSR count). The summed E-state index contributed by atoms with van der Waals surface area (Å²) in [5.41, 5.74) is 4.87. The molecule has 0 heterocycles. The van der Waals surface area contributed by atoms with E-state index in [2.05, 4.69) is 10.9 Å². The summed E-state index contributed by atoms with van der Waals surface area (Å²) in [6.45, 7) is 2.56. The van der Waals surface area contributed by atoms with Crippen LogP contribution in [0.3, 0.4) is 0 Å². The topological polar surface area (TPSA) is 93.7 Å². The van der Waals surface area contributed by atoms with Crippen LogP contribution in [0.2, 0.25) is 0 Å². The van der Waals surface area contributed by atoms with Crippen molar-refractivity contribution in [3.63, 3.8) is 0 Å². The Labute approximate surface area is 155 Å². The van der Waals surface area contributed by atoms with Crippen molar-refractivity contribution in [2.24, 2.45) is 0 Å². The smallest absolute Gasteiger partial charge is 0.279 e. The van der Waals surface area contributed by atoms with E-state index in [1.165, 1.54) is 44.2 Å². The van der Waals surface area contributed by atoms with Gasteiger partial charge in [0.15, 0.2) is 18.5 Å². The number of ether oxygens (including phenoxy) is 2. The van der Waals surface area contributed by atoms with Crippen molar-refractivity contribution >= 4 is 17.6 Å². The maximum atomic E-state index is 12.8. The molecule has 0 saturated heterocycles. The Morgan fingerprint density at radius 1 is 1.04 bits per heavy atom. The van der Waals surface area contributed by atoms with Crippen LogP contribution >= 0.6 is 0 Å². The third-order valence-electron chi connectivity index (χ3n) is 3.43. The number of hydrogen-bond acceptors (Lipinski definition) is 5. The van der Waals surface area contributed by atoms with Crippen molar-refractivity contribution in [2.45, 2.75) is 20.0 Å². The number of halogens is 1. The summed E-state index contributed by atoms with van der Waals surface area (Å²) >= 11 is 0. The van der Waals surface area contributed by atoms with Gasteiger partial charge in [-0.2, -0.15) is 0 Å². The van der Waals surface area contributed by atoms with Crippen LogP contribution in [0.4, 0.5) is 4.39 Å². The lowest BCUT2D eigenvalue weighted by Gasteiger charge is -2.15. The van der Waals surface area contributed by atoms with E-state index < -0.39 is 23.7 Å². The highest BCUT2D eigenvalue weighted by atomic mass is 19.1. The molecular weight excluding hydrogens is 355 g/mol. The molecule has 7 nitrogen and oxygen atoms in total. The number of carbonyl (C=O) groups is 3. The first-order chi connectivity index (χ1) is 12.8. The van der Waals surface area contributed by atoms with E-state index in [9.17, 15) is 18.8 Å². The largest absolute Gasteiger partial charge is 0.484 e. The molecular formula is C19H19FN2O5. The highest BCUT2D eigenvalue weighted by Gasteiger charge is 2.15. The number of Topliss-reactive ketones (excluding diaryl/α,β-unsaturated/α-hetero) is 1. The van der Waals surface area contributed by atoms with Crippen molar-refractivity contribution in [1.29, 1.82) is 0 Å². The molecule has 0 aliphatic rings.